The number of thiazole rings is 1. The summed E-state index contributed by atoms with van der Waals surface area (Å²) in [5.41, 5.74) is 2.63. The summed E-state index contributed by atoms with van der Waals surface area (Å²) in [6, 6.07) is 17.8. The average molecular weight is 570 g/mol. The second-order valence-corrected chi connectivity index (χ2v) is 9.95. The van der Waals surface area contributed by atoms with Gasteiger partial charge in [-0.3, -0.25) is 14.5 Å². The van der Waals surface area contributed by atoms with Crippen LogP contribution in [0.25, 0.3) is 16.0 Å². The van der Waals surface area contributed by atoms with E-state index in [-0.39, 0.29) is 16.5 Å². The zero-order valence-electron chi connectivity index (χ0n) is 17.3. The molecule has 33 heavy (non-hydrogen) atoms. The topological polar surface area (TPSA) is 70.5 Å². The standard InChI is InChI=1S/C25H16FIN2O3S/c1-13-2-4-15(5-3-13)22(30)20-21(14-6-9-17(27)10-7-14)29(24(32)23(20)31)25-28-18-11-8-16(26)12-19(18)33-25/h2-12,21,30H,1H3/b22-20+. The lowest BCUT2D eigenvalue weighted by Crippen LogP contribution is -2.29. The molecule has 0 saturated carbocycles. The molecule has 2 heterocycles. The molecule has 164 valence electrons. The minimum absolute atomic E-state index is 0.00417. The fourth-order valence-corrected chi connectivity index (χ4v) is 5.22. The SMILES string of the molecule is Cc1ccc(/C(O)=C2\C(=O)C(=O)N(c3nc4ccc(F)cc4s3)C2c2ccc(I)cc2)cc1. The predicted octanol–water partition coefficient (Wildman–Crippen LogP) is 5.97. The quantitative estimate of drug-likeness (QED) is 0.143. The van der Waals surface area contributed by atoms with Crippen molar-refractivity contribution >= 4 is 66.7 Å². The summed E-state index contributed by atoms with van der Waals surface area (Å²) in [6.07, 6.45) is 0. The van der Waals surface area contributed by atoms with Crippen molar-refractivity contribution in [1.82, 2.24) is 4.98 Å². The highest BCUT2D eigenvalue weighted by Crippen LogP contribution is 2.44. The lowest BCUT2D eigenvalue weighted by atomic mass is 9.95. The Bertz CT molecular complexity index is 1450. The van der Waals surface area contributed by atoms with Crippen molar-refractivity contribution in [2.45, 2.75) is 13.0 Å². The lowest BCUT2D eigenvalue weighted by molar-refractivity contribution is -0.132. The minimum atomic E-state index is -0.867. The number of Topliss-reactive ketones (excluding diaryl/α,β-unsaturated/α-hetero) is 1. The van der Waals surface area contributed by atoms with Gasteiger partial charge in [0.1, 0.15) is 11.6 Å². The van der Waals surface area contributed by atoms with E-state index >= 15 is 0 Å². The van der Waals surface area contributed by atoms with E-state index in [0.29, 0.717) is 21.3 Å². The first-order valence-electron chi connectivity index (χ1n) is 10.0. The van der Waals surface area contributed by atoms with Crippen LogP contribution in [0.4, 0.5) is 9.52 Å². The summed E-state index contributed by atoms with van der Waals surface area (Å²) >= 11 is 3.30. The summed E-state index contributed by atoms with van der Waals surface area (Å²) in [6.45, 7) is 1.92. The minimum Gasteiger partial charge on any atom is -0.507 e. The molecule has 0 aliphatic carbocycles. The molecule has 1 saturated heterocycles. The number of hydrogen-bond acceptors (Lipinski definition) is 5. The number of nitrogens with zero attached hydrogens (tertiary/aromatic N) is 2. The Hall–Kier alpha value is -3.11. The third kappa shape index (κ3) is 3.83. The van der Waals surface area contributed by atoms with E-state index in [9.17, 15) is 19.1 Å². The normalized spacial score (nSPS) is 17.8. The van der Waals surface area contributed by atoms with Crippen molar-refractivity contribution in [2.75, 3.05) is 4.90 Å². The van der Waals surface area contributed by atoms with Crippen LogP contribution in [0.1, 0.15) is 22.7 Å². The number of amides is 1. The Morgan fingerprint density at radius 2 is 1.76 bits per heavy atom. The van der Waals surface area contributed by atoms with Gasteiger partial charge in [-0.1, -0.05) is 53.3 Å². The van der Waals surface area contributed by atoms with Crippen LogP contribution >= 0.6 is 33.9 Å². The number of hydrogen-bond donors (Lipinski definition) is 1. The van der Waals surface area contributed by atoms with Crippen LogP contribution in [0.5, 0.6) is 0 Å². The number of carbonyl (C=O) groups is 2. The predicted molar refractivity (Wildman–Crippen MR) is 135 cm³/mol. The number of aryl methyl sites for hydroxylation is 1. The van der Waals surface area contributed by atoms with Gasteiger partial charge in [0.15, 0.2) is 5.13 Å². The van der Waals surface area contributed by atoms with E-state index in [1.54, 1.807) is 12.1 Å². The van der Waals surface area contributed by atoms with Crippen LogP contribution < -0.4 is 4.90 Å². The van der Waals surface area contributed by atoms with Gasteiger partial charge in [0.25, 0.3) is 5.78 Å². The number of anilines is 1. The monoisotopic (exact) mass is 570 g/mol. The molecular formula is C25H16FIN2O3S. The molecule has 3 aromatic carbocycles. The Kier molecular flexibility index (Phi) is 5.49. The molecule has 8 heteroatoms. The molecule has 5 nitrogen and oxygen atoms in total. The van der Waals surface area contributed by atoms with Gasteiger partial charge in [-0.2, -0.15) is 0 Å². The van der Waals surface area contributed by atoms with Gasteiger partial charge in [-0.15, -0.1) is 0 Å². The molecule has 5 rings (SSSR count). The van der Waals surface area contributed by atoms with E-state index in [4.69, 9.17) is 0 Å². The van der Waals surface area contributed by atoms with Crippen LogP contribution in [-0.2, 0) is 9.59 Å². The number of ketones is 1. The van der Waals surface area contributed by atoms with Gasteiger partial charge in [0, 0.05) is 9.13 Å². The number of benzene rings is 3. The first-order chi connectivity index (χ1) is 15.8. The maximum atomic E-state index is 13.7. The van der Waals surface area contributed by atoms with Crippen molar-refractivity contribution < 1.29 is 19.1 Å². The van der Waals surface area contributed by atoms with E-state index < -0.39 is 23.5 Å². The van der Waals surface area contributed by atoms with Gasteiger partial charge in [0.2, 0.25) is 0 Å². The van der Waals surface area contributed by atoms with Crippen LogP contribution in [0.15, 0.2) is 72.3 Å². The molecule has 1 aliphatic rings. The molecule has 1 atom stereocenters. The van der Waals surface area contributed by atoms with E-state index in [0.717, 1.165) is 20.5 Å². The zero-order valence-corrected chi connectivity index (χ0v) is 20.2. The molecular weight excluding hydrogens is 554 g/mol. The zero-order chi connectivity index (χ0) is 23.3. The highest BCUT2D eigenvalue weighted by molar-refractivity contribution is 14.1. The van der Waals surface area contributed by atoms with Gasteiger partial charge in [-0.25, -0.2) is 9.37 Å². The largest absolute Gasteiger partial charge is 0.507 e. The Balaban J connectivity index is 1.73. The molecule has 0 spiro atoms. The Morgan fingerprint density at radius 3 is 2.45 bits per heavy atom. The number of aromatic nitrogens is 1. The van der Waals surface area contributed by atoms with Gasteiger partial charge < -0.3 is 5.11 Å². The van der Waals surface area contributed by atoms with E-state index in [1.165, 1.54) is 23.1 Å². The number of carbonyl (C=O) groups excluding carboxylic acids is 2. The maximum absolute atomic E-state index is 13.7. The van der Waals surface area contributed by atoms with Crippen LogP contribution in [0.2, 0.25) is 0 Å². The van der Waals surface area contributed by atoms with Crippen molar-refractivity contribution in [1.29, 1.82) is 0 Å². The molecule has 1 amide bonds. The summed E-state index contributed by atoms with van der Waals surface area (Å²) < 4.78 is 15.3. The molecule has 1 fully saturated rings. The van der Waals surface area contributed by atoms with Gasteiger partial charge >= 0.3 is 5.91 Å². The summed E-state index contributed by atoms with van der Waals surface area (Å²) in [5, 5.41) is 11.4. The third-order valence-electron chi connectivity index (χ3n) is 5.50. The van der Waals surface area contributed by atoms with Crippen LogP contribution in [-0.4, -0.2) is 21.8 Å². The maximum Gasteiger partial charge on any atom is 0.301 e. The molecule has 1 N–H and O–H groups in total. The van der Waals surface area contributed by atoms with E-state index in [2.05, 4.69) is 27.6 Å². The number of aliphatic hydroxyl groups is 1. The molecule has 0 bridgehead atoms. The number of fused-ring (bicyclic) bond motifs is 1. The van der Waals surface area contributed by atoms with Gasteiger partial charge in [0.05, 0.1) is 21.8 Å². The van der Waals surface area contributed by atoms with Crippen molar-refractivity contribution in [3.63, 3.8) is 0 Å². The van der Waals surface area contributed by atoms with Crippen molar-refractivity contribution in [3.8, 4) is 0 Å². The number of rotatable bonds is 3. The molecule has 1 unspecified atom stereocenters. The smallest absolute Gasteiger partial charge is 0.301 e. The van der Waals surface area contributed by atoms with Crippen LogP contribution in [0.3, 0.4) is 0 Å². The third-order valence-corrected chi connectivity index (χ3v) is 7.24. The molecule has 0 radical (unpaired) electrons. The van der Waals surface area contributed by atoms with Crippen LogP contribution in [0, 0.1) is 16.3 Å². The summed E-state index contributed by atoms with van der Waals surface area (Å²) in [4.78, 5) is 32.2. The van der Waals surface area contributed by atoms with Gasteiger partial charge in [-0.05, 0) is 65.4 Å². The number of halogens is 2. The first-order valence-corrected chi connectivity index (χ1v) is 11.9. The first kappa shape index (κ1) is 21.7. The fraction of sp³-hybridized carbons (Fsp3) is 0.0800. The summed E-state index contributed by atoms with van der Waals surface area (Å²) in [5.74, 6) is -2.23. The number of aliphatic hydroxyl groups excluding tert-OH is 1. The highest BCUT2D eigenvalue weighted by Gasteiger charge is 2.48. The second kappa shape index (κ2) is 8.35. The Morgan fingerprint density at radius 1 is 1.06 bits per heavy atom. The van der Waals surface area contributed by atoms with Crippen molar-refractivity contribution in [2.24, 2.45) is 0 Å². The molecule has 1 aliphatic heterocycles. The molecule has 1 aromatic heterocycles. The Labute approximate surface area is 206 Å². The van der Waals surface area contributed by atoms with E-state index in [1.807, 2.05) is 43.3 Å². The second-order valence-electron chi connectivity index (χ2n) is 7.70. The highest BCUT2D eigenvalue weighted by atomic mass is 127. The molecule has 4 aromatic rings. The lowest BCUT2D eigenvalue weighted by Gasteiger charge is -2.23. The summed E-state index contributed by atoms with van der Waals surface area (Å²) in [7, 11) is 0. The average Bonchev–Trinajstić information content (AvgIpc) is 3.32. The van der Waals surface area contributed by atoms with Crippen molar-refractivity contribution in [3.05, 3.63) is 98.4 Å². The fourth-order valence-electron chi connectivity index (χ4n) is 3.85.